The zero-order valence-corrected chi connectivity index (χ0v) is 12.0. The Balaban J connectivity index is 1.98. The lowest BCUT2D eigenvalue weighted by molar-refractivity contribution is 0.328. The van der Waals surface area contributed by atoms with E-state index < -0.39 is 0 Å². The van der Waals surface area contributed by atoms with Crippen LogP contribution in [-0.4, -0.2) is 28.1 Å². The molecule has 0 atom stereocenters. The Bertz CT molecular complexity index is 751. The summed E-state index contributed by atoms with van der Waals surface area (Å²) in [6, 6.07) is 12.0. The largest absolute Gasteiger partial charge is 0.478 e. The fourth-order valence-electron chi connectivity index (χ4n) is 2.28. The molecule has 3 N–H and O–H groups in total. The average molecular weight is 282 g/mol. The Morgan fingerprint density at radius 2 is 2.10 bits per heavy atom. The van der Waals surface area contributed by atoms with Crippen molar-refractivity contribution < 1.29 is 4.74 Å². The van der Waals surface area contributed by atoms with Gasteiger partial charge in [-0.1, -0.05) is 18.2 Å². The van der Waals surface area contributed by atoms with Crippen LogP contribution < -0.4 is 10.5 Å². The molecule has 0 unspecified atom stereocenters. The molecule has 0 bridgehead atoms. The third-order valence-electron chi connectivity index (χ3n) is 3.25. The van der Waals surface area contributed by atoms with Gasteiger partial charge in [-0.15, -0.1) is 0 Å². The first-order valence-electron chi connectivity index (χ1n) is 7.09. The Morgan fingerprint density at radius 3 is 2.90 bits per heavy atom. The lowest BCUT2D eigenvalue weighted by Gasteiger charge is -2.01. The van der Waals surface area contributed by atoms with Gasteiger partial charge in [0.15, 0.2) is 5.65 Å². The second-order valence-corrected chi connectivity index (χ2v) is 4.78. The Hall–Kier alpha value is -2.40. The maximum atomic E-state index is 5.61. The van der Waals surface area contributed by atoms with Crippen molar-refractivity contribution in [3.63, 3.8) is 0 Å². The lowest BCUT2D eigenvalue weighted by atomic mass is 10.1. The molecule has 0 saturated heterocycles. The maximum Gasteiger partial charge on any atom is 0.215 e. The van der Waals surface area contributed by atoms with Crippen molar-refractivity contribution >= 4 is 11.2 Å². The van der Waals surface area contributed by atoms with E-state index >= 15 is 0 Å². The molecule has 0 spiro atoms. The van der Waals surface area contributed by atoms with Crippen LogP contribution in [-0.2, 0) is 6.42 Å². The van der Waals surface area contributed by atoms with E-state index in [1.54, 1.807) is 0 Å². The normalized spacial score (nSPS) is 11.0. The van der Waals surface area contributed by atoms with Crippen molar-refractivity contribution in [2.75, 3.05) is 13.2 Å². The van der Waals surface area contributed by atoms with Crippen LogP contribution in [0.4, 0.5) is 0 Å². The number of benzene rings is 1. The molecule has 108 valence electrons. The topological polar surface area (TPSA) is 76.8 Å². The molecule has 21 heavy (non-hydrogen) atoms. The zero-order valence-electron chi connectivity index (χ0n) is 12.0. The number of aromatic amines is 1. The van der Waals surface area contributed by atoms with Gasteiger partial charge in [0.05, 0.1) is 12.1 Å². The lowest BCUT2D eigenvalue weighted by Crippen LogP contribution is -2.02. The molecule has 0 amide bonds. The summed E-state index contributed by atoms with van der Waals surface area (Å²) in [6.45, 7) is 3.17. The van der Waals surface area contributed by atoms with Gasteiger partial charge in [-0.05, 0) is 37.6 Å². The molecule has 0 aliphatic heterocycles. The summed E-state index contributed by atoms with van der Waals surface area (Å²) >= 11 is 0. The number of imidazole rings is 1. The zero-order chi connectivity index (χ0) is 14.7. The standard InChI is InChI=1S/C16H18N4O/c1-2-21-14-7-6-13-16(19-14)20-15(18-13)12-5-3-4-11(10-12)8-9-17/h3-7,10H,2,8-9,17H2,1H3,(H,18,19,20). The number of fused-ring (bicyclic) bond motifs is 1. The van der Waals surface area contributed by atoms with Gasteiger partial charge in [0.1, 0.15) is 5.82 Å². The molecule has 0 aliphatic rings. The monoisotopic (exact) mass is 282 g/mol. The summed E-state index contributed by atoms with van der Waals surface area (Å²) in [5.41, 5.74) is 9.42. The second-order valence-electron chi connectivity index (χ2n) is 4.78. The van der Waals surface area contributed by atoms with Crippen LogP contribution in [0.25, 0.3) is 22.6 Å². The minimum absolute atomic E-state index is 0.594. The quantitative estimate of drug-likeness (QED) is 0.754. The molecule has 5 heteroatoms. The number of hydrogen-bond acceptors (Lipinski definition) is 4. The first kappa shape index (κ1) is 13.6. The maximum absolute atomic E-state index is 5.61. The van der Waals surface area contributed by atoms with Gasteiger partial charge in [0.25, 0.3) is 0 Å². The summed E-state index contributed by atoms with van der Waals surface area (Å²) in [5, 5.41) is 0. The van der Waals surface area contributed by atoms with Crippen molar-refractivity contribution in [2.24, 2.45) is 5.73 Å². The highest BCUT2D eigenvalue weighted by molar-refractivity contribution is 5.76. The highest BCUT2D eigenvalue weighted by Gasteiger charge is 2.08. The Morgan fingerprint density at radius 1 is 1.19 bits per heavy atom. The fraction of sp³-hybridized carbons (Fsp3) is 0.250. The fourth-order valence-corrected chi connectivity index (χ4v) is 2.28. The number of ether oxygens (including phenoxy) is 1. The molecule has 3 aromatic rings. The van der Waals surface area contributed by atoms with Crippen LogP contribution in [0.2, 0.25) is 0 Å². The summed E-state index contributed by atoms with van der Waals surface area (Å²) in [4.78, 5) is 12.2. The van der Waals surface area contributed by atoms with E-state index in [1.807, 2.05) is 31.2 Å². The molecule has 0 saturated carbocycles. The first-order chi connectivity index (χ1) is 10.3. The molecular formula is C16H18N4O. The predicted octanol–water partition coefficient (Wildman–Crippen LogP) is 2.52. The van der Waals surface area contributed by atoms with Crippen LogP contribution in [0.5, 0.6) is 5.88 Å². The number of rotatable bonds is 5. The number of hydrogen-bond donors (Lipinski definition) is 2. The molecule has 3 rings (SSSR count). The summed E-state index contributed by atoms with van der Waals surface area (Å²) in [6.07, 6.45) is 0.862. The van der Waals surface area contributed by atoms with Gasteiger partial charge in [-0.2, -0.15) is 4.98 Å². The Labute approximate surface area is 123 Å². The van der Waals surface area contributed by atoms with Gasteiger partial charge >= 0.3 is 0 Å². The van der Waals surface area contributed by atoms with Gasteiger partial charge in [-0.3, -0.25) is 0 Å². The number of pyridine rings is 1. The number of aromatic nitrogens is 3. The van der Waals surface area contributed by atoms with Crippen molar-refractivity contribution in [1.82, 2.24) is 15.0 Å². The predicted molar refractivity (Wildman–Crippen MR) is 83.3 cm³/mol. The van der Waals surface area contributed by atoms with Gasteiger partial charge in [-0.25, -0.2) is 4.98 Å². The van der Waals surface area contributed by atoms with Gasteiger partial charge in [0, 0.05) is 11.6 Å². The summed E-state index contributed by atoms with van der Waals surface area (Å²) < 4.78 is 5.40. The molecule has 2 heterocycles. The third-order valence-corrected chi connectivity index (χ3v) is 3.25. The molecule has 0 aliphatic carbocycles. The average Bonchev–Trinajstić information content (AvgIpc) is 2.91. The first-order valence-corrected chi connectivity index (χ1v) is 7.09. The highest BCUT2D eigenvalue weighted by atomic mass is 16.5. The molecular weight excluding hydrogens is 264 g/mol. The minimum atomic E-state index is 0.594. The van der Waals surface area contributed by atoms with E-state index in [0.717, 1.165) is 23.3 Å². The third kappa shape index (κ3) is 2.87. The van der Waals surface area contributed by atoms with Crippen molar-refractivity contribution in [1.29, 1.82) is 0 Å². The second kappa shape index (κ2) is 5.93. The van der Waals surface area contributed by atoms with Crippen LogP contribution >= 0.6 is 0 Å². The number of nitrogens with one attached hydrogen (secondary N) is 1. The van der Waals surface area contributed by atoms with E-state index in [2.05, 4.69) is 27.1 Å². The van der Waals surface area contributed by atoms with E-state index in [0.29, 0.717) is 24.7 Å². The van der Waals surface area contributed by atoms with Crippen molar-refractivity contribution in [3.05, 3.63) is 42.0 Å². The van der Waals surface area contributed by atoms with Gasteiger partial charge in [0.2, 0.25) is 5.88 Å². The van der Waals surface area contributed by atoms with Gasteiger partial charge < -0.3 is 15.5 Å². The number of nitrogens with two attached hydrogens (primary N) is 1. The van der Waals surface area contributed by atoms with Crippen molar-refractivity contribution in [2.45, 2.75) is 13.3 Å². The summed E-state index contributed by atoms with van der Waals surface area (Å²) in [5.74, 6) is 1.41. The van der Waals surface area contributed by atoms with Crippen LogP contribution in [0.15, 0.2) is 36.4 Å². The van der Waals surface area contributed by atoms with E-state index in [-0.39, 0.29) is 0 Å². The van der Waals surface area contributed by atoms with E-state index in [1.165, 1.54) is 5.56 Å². The molecule has 5 nitrogen and oxygen atoms in total. The molecule has 0 radical (unpaired) electrons. The Kier molecular flexibility index (Phi) is 3.83. The molecule has 2 aromatic heterocycles. The number of nitrogens with zero attached hydrogens (tertiary/aromatic N) is 2. The smallest absolute Gasteiger partial charge is 0.215 e. The van der Waals surface area contributed by atoms with Crippen molar-refractivity contribution in [3.8, 4) is 17.3 Å². The summed E-state index contributed by atoms with van der Waals surface area (Å²) in [7, 11) is 0. The molecule has 0 fully saturated rings. The minimum Gasteiger partial charge on any atom is -0.478 e. The SMILES string of the molecule is CCOc1ccc2[nH]c(-c3cccc(CCN)c3)nc2n1. The number of H-pyrrole nitrogens is 1. The van der Waals surface area contributed by atoms with E-state index in [9.17, 15) is 0 Å². The van der Waals surface area contributed by atoms with E-state index in [4.69, 9.17) is 10.5 Å². The van der Waals surface area contributed by atoms with Crippen LogP contribution in [0.1, 0.15) is 12.5 Å². The van der Waals surface area contributed by atoms with Crippen LogP contribution in [0, 0.1) is 0 Å². The molecule has 1 aromatic carbocycles. The van der Waals surface area contributed by atoms with Crippen LogP contribution in [0.3, 0.4) is 0 Å². The highest BCUT2D eigenvalue weighted by Crippen LogP contribution is 2.22.